The van der Waals surface area contributed by atoms with Crippen molar-refractivity contribution in [2.45, 2.75) is 13.3 Å². The first-order valence-corrected chi connectivity index (χ1v) is 9.18. The van der Waals surface area contributed by atoms with Gasteiger partial charge in [-0.3, -0.25) is 4.79 Å². The molecule has 3 aromatic heterocycles. The standard InChI is InChI=1S/C15H14N2OS3/c1-10-13(21-15(17-10)11-5-8-19-9-11)14(18)16-6-4-12-3-2-7-20-12/h2-3,5,7-9H,4,6H2,1H3,(H,16,18). The van der Waals surface area contributed by atoms with Crippen molar-refractivity contribution in [1.29, 1.82) is 0 Å². The summed E-state index contributed by atoms with van der Waals surface area (Å²) in [6.07, 6.45) is 0.874. The van der Waals surface area contributed by atoms with Gasteiger partial charge >= 0.3 is 0 Å². The molecule has 1 amide bonds. The number of rotatable bonds is 5. The lowest BCUT2D eigenvalue weighted by Crippen LogP contribution is -2.25. The Morgan fingerprint density at radius 1 is 1.33 bits per heavy atom. The zero-order chi connectivity index (χ0) is 14.7. The second kappa shape index (κ2) is 6.51. The molecular formula is C15H14N2OS3. The molecule has 3 heterocycles. The molecule has 3 rings (SSSR count). The molecule has 0 aliphatic heterocycles. The van der Waals surface area contributed by atoms with Crippen LogP contribution in [0, 0.1) is 6.92 Å². The Balaban J connectivity index is 1.64. The van der Waals surface area contributed by atoms with Crippen LogP contribution in [0.5, 0.6) is 0 Å². The predicted molar refractivity (Wildman–Crippen MR) is 90.5 cm³/mol. The minimum Gasteiger partial charge on any atom is -0.351 e. The molecule has 6 heteroatoms. The van der Waals surface area contributed by atoms with Crippen molar-refractivity contribution < 1.29 is 4.79 Å². The van der Waals surface area contributed by atoms with Crippen molar-refractivity contribution in [3.8, 4) is 10.6 Å². The van der Waals surface area contributed by atoms with Gasteiger partial charge in [-0.1, -0.05) is 6.07 Å². The topological polar surface area (TPSA) is 42.0 Å². The van der Waals surface area contributed by atoms with E-state index in [-0.39, 0.29) is 5.91 Å². The van der Waals surface area contributed by atoms with Crippen molar-refractivity contribution in [1.82, 2.24) is 10.3 Å². The maximum absolute atomic E-state index is 12.2. The molecule has 3 aromatic rings. The third-order valence-electron chi connectivity index (χ3n) is 3.01. The molecule has 0 saturated carbocycles. The van der Waals surface area contributed by atoms with Crippen molar-refractivity contribution in [3.63, 3.8) is 0 Å². The van der Waals surface area contributed by atoms with Gasteiger partial charge in [0.05, 0.1) is 5.69 Å². The van der Waals surface area contributed by atoms with Crippen LogP contribution in [0.3, 0.4) is 0 Å². The third-order valence-corrected chi connectivity index (χ3v) is 5.83. The summed E-state index contributed by atoms with van der Waals surface area (Å²) in [5, 5.41) is 10.0. The molecule has 0 atom stereocenters. The zero-order valence-electron chi connectivity index (χ0n) is 11.5. The van der Waals surface area contributed by atoms with Crippen molar-refractivity contribution >= 4 is 39.9 Å². The molecule has 0 aromatic carbocycles. The number of hydrogen-bond donors (Lipinski definition) is 1. The monoisotopic (exact) mass is 334 g/mol. The minimum atomic E-state index is -0.0250. The summed E-state index contributed by atoms with van der Waals surface area (Å²) >= 11 is 4.81. The van der Waals surface area contributed by atoms with E-state index in [2.05, 4.69) is 27.1 Å². The van der Waals surface area contributed by atoms with E-state index in [4.69, 9.17) is 0 Å². The molecule has 1 N–H and O–H groups in total. The van der Waals surface area contributed by atoms with Crippen LogP contribution in [0.25, 0.3) is 10.6 Å². The van der Waals surface area contributed by atoms with Gasteiger partial charge in [0.1, 0.15) is 9.88 Å². The maximum Gasteiger partial charge on any atom is 0.263 e. The molecule has 0 saturated heterocycles. The van der Waals surface area contributed by atoms with Crippen LogP contribution < -0.4 is 5.32 Å². The van der Waals surface area contributed by atoms with Gasteiger partial charge in [-0.05, 0) is 36.2 Å². The summed E-state index contributed by atoms with van der Waals surface area (Å²) in [6.45, 7) is 2.55. The highest BCUT2D eigenvalue weighted by atomic mass is 32.1. The fourth-order valence-electron chi connectivity index (χ4n) is 1.95. The van der Waals surface area contributed by atoms with E-state index in [1.807, 2.05) is 24.4 Å². The number of thiazole rings is 1. The van der Waals surface area contributed by atoms with Crippen LogP contribution in [0.15, 0.2) is 34.3 Å². The second-order valence-electron chi connectivity index (χ2n) is 4.53. The summed E-state index contributed by atoms with van der Waals surface area (Å²) < 4.78 is 0. The van der Waals surface area contributed by atoms with E-state index in [9.17, 15) is 4.79 Å². The fourth-order valence-corrected chi connectivity index (χ4v) is 4.35. The first kappa shape index (κ1) is 14.4. The van der Waals surface area contributed by atoms with Gasteiger partial charge in [0, 0.05) is 22.4 Å². The van der Waals surface area contributed by atoms with Crippen molar-refractivity contribution in [2.75, 3.05) is 6.54 Å². The summed E-state index contributed by atoms with van der Waals surface area (Å²) in [7, 11) is 0. The molecule has 3 nitrogen and oxygen atoms in total. The Hall–Kier alpha value is -1.50. The van der Waals surface area contributed by atoms with E-state index >= 15 is 0 Å². The molecule has 0 unspecified atom stereocenters. The number of aromatic nitrogens is 1. The molecule has 108 valence electrons. The molecule has 0 spiro atoms. The lowest BCUT2D eigenvalue weighted by Gasteiger charge is -2.02. The van der Waals surface area contributed by atoms with Crippen LogP contribution in [0.4, 0.5) is 0 Å². The predicted octanol–water partition coefficient (Wildman–Crippen LogP) is 4.21. The van der Waals surface area contributed by atoms with E-state index in [0.717, 1.165) is 22.7 Å². The smallest absolute Gasteiger partial charge is 0.263 e. The van der Waals surface area contributed by atoms with E-state index in [0.29, 0.717) is 11.4 Å². The zero-order valence-corrected chi connectivity index (χ0v) is 13.9. The molecule has 0 fully saturated rings. The Morgan fingerprint density at radius 3 is 2.95 bits per heavy atom. The maximum atomic E-state index is 12.2. The summed E-state index contributed by atoms with van der Waals surface area (Å²) in [5.41, 5.74) is 1.89. The van der Waals surface area contributed by atoms with Gasteiger partial charge in [0.25, 0.3) is 5.91 Å². The second-order valence-corrected chi connectivity index (χ2v) is 7.34. The number of carbonyl (C=O) groups excluding carboxylic acids is 1. The lowest BCUT2D eigenvalue weighted by atomic mass is 10.3. The number of carbonyl (C=O) groups is 1. The Morgan fingerprint density at radius 2 is 2.24 bits per heavy atom. The molecule has 0 aliphatic carbocycles. The van der Waals surface area contributed by atoms with Gasteiger partial charge in [-0.15, -0.1) is 22.7 Å². The van der Waals surface area contributed by atoms with Crippen LogP contribution in [0.1, 0.15) is 20.2 Å². The molecule has 0 bridgehead atoms. The summed E-state index contributed by atoms with van der Waals surface area (Å²) in [5.74, 6) is -0.0250. The number of hydrogen-bond acceptors (Lipinski definition) is 5. The van der Waals surface area contributed by atoms with E-state index in [1.165, 1.54) is 16.2 Å². The lowest BCUT2D eigenvalue weighted by molar-refractivity contribution is 0.0957. The quantitative estimate of drug-likeness (QED) is 0.759. The van der Waals surface area contributed by atoms with Crippen LogP contribution in [-0.4, -0.2) is 17.4 Å². The number of amides is 1. The molecule has 0 aliphatic rings. The first-order chi connectivity index (χ1) is 10.2. The Labute approximate surface area is 135 Å². The number of nitrogens with zero attached hydrogens (tertiary/aromatic N) is 1. The largest absolute Gasteiger partial charge is 0.351 e. The fraction of sp³-hybridized carbons (Fsp3) is 0.200. The highest BCUT2D eigenvalue weighted by molar-refractivity contribution is 7.17. The first-order valence-electron chi connectivity index (χ1n) is 6.54. The van der Waals surface area contributed by atoms with E-state index < -0.39 is 0 Å². The van der Waals surface area contributed by atoms with Gasteiger partial charge in [0.15, 0.2) is 0 Å². The Bertz CT molecular complexity index is 714. The highest BCUT2D eigenvalue weighted by Crippen LogP contribution is 2.29. The van der Waals surface area contributed by atoms with Gasteiger partial charge in [-0.2, -0.15) is 11.3 Å². The van der Waals surface area contributed by atoms with Crippen LogP contribution >= 0.6 is 34.0 Å². The Kier molecular flexibility index (Phi) is 4.48. The van der Waals surface area contributed by atoms with Crippen LogP contribution in [0.2, 0.25) is 0 Å². The number of thiophene rings is 2. The SMILES string of the molecule is Cc1nc(-c2ccsc2)sc1C(=O)NCCc1cccs1. The normalized spacial score (nSPS) is 10.7. The average molecular weight is 334 g/mol. The highest BCUT2D eigenvalue weighted by Gasteiger charge is 2.16. The van der Waals surface area contributed by atoms with Crippen LogP contribution in [-0.2, 0) is 6.42 Å². The molecular weight excluding hydrogens is 320 g/mol. The average Bonchev–Trinajstić information content (AvgIpc) is 3.19. The van der Waals surface area contributed by atoms with Crippen molar-refractivity contribution in [3.05, 3.63) is 49.8 Å². The number of nitrogens with one attached hydrogen (secondary N) is 1. The van der Waals surface area contributed by atoms with Gasteiger partial charge in [-0.25, -0.2) is 4.98 Å². The van der Waals surface area contributed by atoms with Gasteiger partial charge < -0.3 is 5.32 Å². The van der Waals surface area contributed by atoms with Crippen molar-refractivity contribution in [2.24, 2.45) is 0 Å². The number of aryl methyl sites for hydroxylation is 1. The summed E-state index contributed by atoms with van der Waals surface area (Å²) in [4.78, 5) is 18.7. The third kappa shape index (κ3) is 3.40. The molecule has 0 radical (unpaired) electrons. The minimum absolute atomic E-state index is 0.0250. The molecule has 21 heavy (non-hydrogen) atoms. The summed E-state index contributed by atoms with van der Waals surface area (Å²) in [6, 6.07) is 6.15. The van der Waals surface area contributed by atoms with Gasteiger partial charge in [0.2, 0.25) is 0 Å². The van der Waals surface area contributed by atoms with E-state index in [1.54, 1.807) is 22.7 Å².